The fourth-order valence-electron chi connectivity index (χ4n) is 4.01. The lowest BCUT2D eigenvalue weighted by Crippen LogP contribution is -2.37. The highest BCUT2D eigenvalue weighted by atomic mass is 32.2. The molecule has 4 rings (SSSR count). The number of nitrogens with one attached hydrogen (secondary N) is 1. The van der Waals surface area contributed by atoms with Crippen molar-refractivity contribution in [3.63, 3.8) is 0 Å². The molecule has 1 N–H and O–H groups in total. The average molecular weight is 462 g/mol. The number of aliphatic imine (C=N–C) groups is 1. The van der Waals surface area contributed by atoms with Crippen molar-refractivity contribution in [3.05, 3.63) is 88.1 Å². The first-order valence-electron chi connectivity index (χ1n) is 10.9. The number of carbonyl (C=O) groups excluding carboxylic acids is 2. The van der Waals surface area contributed by atoms with Crippen LogP contribution in [0.3, 0.4) is 0 Å². The van der Waals surface area contributed by atoms with E-state index in [0.29, 0.717) is 17.2 Å². The fourth-order valence-corrected chi connectivity index (χ4v) is 4.98. The molecule has 170 valence electrons. The fraction of sp³-hybridized carbons (Fsp3) is 0.269. The first kappa shape index (κ1) is 22.9. The zero-order valence-corrected chi connectivity index (χ0v) is 20.0. The van der Waals surface area contributed by atoms with E-state index in [4.69, 9.17) is 4.74 Å². The second kappa shape index (κ2) is 9.67. The second-order valence-corrected chi connectivity index (χ2v) is 9.13. The Morgan fingerprint density at radius 1 is 1.12 bits per heavy atom. The number of amides is 1. The summed E-state index contributed by atoms with van der Waals surface area (Å²) in [5.74, 6) is -0.115. The number of hydrogen-bond donors (Lipinski definition) is 1. The summed E-state index contributed by atoms with van der Waals surface area (Å²) in [6.45, 7) is 6.09. The molecule has 0 radical (unpaired) electrons. The number of carbonyl (C=O) groups is 2. The third-order valence-electron chi connectivity index (χ3n) is 5.72. The number of nitrogens with zero attached hydrogens (tertiary/aromatic N) is 2. The summed E-state index contributed by atoms with van der Waals surface area (Å²) in [5, 5.41) is 5.66. The standard InChI is InChI=1S/C26H27N3O3S/c1-16(2)18-10-12-20(13-11-18)28-22(30)14-21-15-33-26-27-17(3)23(25(31)32-4)24(29(21)26)19-8-6-5-7-9-19/h5-13,15-16,24H,14H2,1-4H3,(H,28,30)/t24-/m0/s1. The summed E-state index contributed by atoms with van der Waals surface area (Å²) in [5.41, 5.74) is 4.80. The van der Waals surface area contributed by atoms with Gasteiger partial charge < -0.3 is 15.0 Å². The maximum Gasteiger partial charge on any atom is 0.338 e. The van der Waals surface area contributed by atoms with Gasteiger partial charge in [0.05, 0.1) is 30.8 Å². The van der Waals surface area contributed by atoms with Gasteiger partial charge in [-0.25, -0.2) is 9.79 Å². The van der Waals surface area contributed by atoms with Crippen LogP contribution in [0.4, 0.5) is 5.69 Å². The summed E-state index contributed by atoms with van der Waals surface area (Å²) in [4.78, 5) is 32.2. The van der Waals surface area contributed by atoms with Gasteiger partial charge >= 0.3 is 5.97 Å². The Kier molecular flexibility index (Phi) is 6.70. The van der Waals surface area contributed by atoms with E-state index >= 15 is 0 Å². The molecule has 2 aromatic rings. The second-order valence-electron chi connectivity index (χ2n) is 8.30. The van der Waals surface area contributed by atoms with Crippen LogP contribution in [0.15, 0.2) is 82.0 Å². The smallest absolute Gasteiger partial charge is 0.338 e. The molecule has 0 aliphatic carbocycles. The molecule has 1 amide bonds. The Labute approximate surface area is 198 Å². The summed E-state index contributed by atoms with van der Waals surface area (Å²) < 4.78 is 5.08. The monoisotopic (exact) mass is 461 g/mol. The Morgan fingerprint density at radius 3 is 2.45 bits per heavy atom. The van der Waals surface area contributed by atoms with Crippen LogP contribution in [0.25, 0.3) is 0 Å². The lowest BCUT2D eigenvalue weighted by molar-refractivity contribution is -0.136. The lowest BCUT2D eigenvalue weighted by Gasteiger charge is -2.36. The lowest BCUT2D eigenvalue weighted by atomic mass is 9.94. The molecule has 0 aromatic heterocycles. The number of amidine groups is 1. The van der Waals surface area contributed by atoms with Crippen molar-refractivity contribution >= 4 is 34.5 Å². The number of esters is 1. The zero-order chi connectivity index (χ0) is 23.5. The highest BCUT2D eigenvalue weighted by molar-refractivity contribution is 8.16. The number of anilines is 1. The van der Waals surface area contributed by atoms with Crippen LogP contribution in [-0.4, -0.2) is 29.1 Å². The number of thioether (sulfide) groups is 1. The van der Waals surface area contributed by atoms with Gasteiger partial charge in [0, 0.05) is 11.4 Å². The van der Waals surface area contributed by atoms with E-state index in [0.717, 1.165) is 22.1 Å². The molecule has 6 nitrogen and oxygen atoms in total. The largest absolute Gasteiger partial charge is 0.466 e. The van der Waals surface area contributed by atoms with E-state index in [1.807, 2.05) is 71.8 Å². The third kappa shape index (κ3) is 4.73. The molecule has 2 aromatic carbocycles. The Balaban J connectivity index is 1.59. The molecule has 0 saturated heterocycles. The number of rotatable bonds is 6. The molecule has 2 heterocycles. The highest BCUT2D eigenvalue weighted by Crippen LogP contribution is 2.44. The Hall–Kier alpha value is -3.32. The van der Waals surface area contributed by atoms with Crippen molar-refractivity contribution in [1.82, 2.24) is 4.90 Å². The van der Waals surface area contributed by atoms with Crippen molar-refractivity contribution in [3.8, 4) is 0 Å². The van der Waals surface area contributed by atoms with Crippen LogP contribution in [-0.2, 0) is 14.3 Å². The summed E-state index contributed by atoms with van der Waals surface area (Å²) in [7, 11) is 1.37. The average Bonchev–Trinajstić information content (AvgIpc) is 3.20. The van der Waals surface area contributed by atoms with E-state index in [-0.39, 0.29) is 12.3 Å². The minimum absolute atomic E-state index is 0.127. The topological polar surface area (TPSA) is 71.0 Å². The van der Waals surface area contributed by atoms with E-state index < -0.39 is 12.0 Å². The van der Waals surface area contributed by atoms with Crippen molar-refractivity contribution in [2.24, 2.45) is 4.99 Å². The zero-order valence-electron chi connectivity index (χ0n) is 19.2. The van der Waals surface area contributed by atoms with Crippen molar-refractivity contribution < 1.29 is 14.3 Å². The molecule has 7 heteroatoms. The van der Waals surface area contributed by atoms with Gasteiger partial charge in [-0.2, -0.15) is 0 Å². The van der Waals surface area contributed by atoms with Crippen molar-refractivity contribution in [1.29, 1.82) is 0 Å². The molecule has 2 aliphatic heterocycles. The molecule has 33 heavy (non-hydrogen) atoms. The summed E-state index contributed by atoms with van der Waals surface area (Å²) in [6, 6.07) is 17.2. The van der Waals surface area contributed by atoms with Gasteiger partial charge in [-0.05, 0) is 41.5 Å². The first-order chi connectivity index (χ1) is 15.9. The van der Waals surface area contributed by atoms with Gasteiger partial charge in [0.2, 0.25) is 5.91 Å². The van der Waals surface area contributed by atoms with E-state index in [1.54, 1.807) is 0 Å². The Morgan fingerprint density at radius 2 is 1.82 bits per heavy atom. The molecular formula is C26H27N3O3S. The van der Waals surface area contributed by atoms with Crippen LogP contribution < -0.4 is 5.32 Å². The van der Waals surface area contributed by atoms with E-state index in [2.05, 4.69) is 24.2 Å². The molecule has 1 atom stereocenters. The molecule has 0 saturated carbocycles. The number of allylic oxidation sites excluding steroid dienone is 1. The molecule has 0 fully saturated rings. The molecule has 0 unspecified atom stereocenters. The minimum atomic E-state index is -0.421. The van der Waals surface area contributed by atoms with Crippen molar-refractivity contribution in [2.75, 3.05) is 12.4 Å². The molecule has 0 bridgehead atoms. The normalized spacial score (nSPS) is 17.5. The number of fused-ring (bicyclic) bond motifs is 1. The number of ether oxygens (including phenoxy) is 1. The number of benzene rings is 2. The predicted molar refractivity (Wildman–Crippen MR) is 133 cm³/mol. The SMILES string of the molecule is COC(=O)C1=C(C)N=C2SC=C(CC(=O)Nc3ccc(C(C)C)cc3)N2[C@H]1c1ccccc1. The van der Waals surface area contributed by atoms with Crippen LogP contribution in [0.1, 0.15) is 50.3 Å². The number of methoxy groups -OCH3 is 1. The maximum atomic E-state index is 12.9. The van der Waals surface area contributed by atoms with Gasteiger partial charge in [-0.15, -0.1) is 0 Å². The van der Waals surface area contributed by atoms with Crippen molar-refractivity contribution in [2.45, 2.75) is 39.2 Å². The van der Waals surface area contributed by atoms with Crippen LogP contribution in [0.2, 0.25) is 0 Å². The van der Waals surface area contributed by atoms with E-state index in [9.17, 15) is 9.59 Å². The summed E-state index contributed by atoms with van der Waals surface area (Å²) in [6.07, 6.45) is 0.161. The van der Waals surface area contributed by atoms with Gasteiger partial charge in [-0.1, -0.05) is 68.1 Å². The first-order valence-corrected chi connectivity index (χ1v) is 11.7. The van der Waals surface area contributed by atoms with Crippen LogP contribution in [0, 0.1) is 0 Å². The maximum absolute atomic E-state index is 12.9. The van der Waals surface area contributed by atoms with E-state index in [1.165, 1.54) is 24.4 Å². The highest BCUT2D eigenvalue weighted by Gasteiger charge is 2.40. The van der Waals surface area contributed by atoms with Gasteiger partial charge in [-0.3, -0.25) is 4.79 Å². The van der Waals surface area contributed by atoms with Gasteiger partial charge in [0.1, 0.15) is 0 Å². The number of hydrogen-bond acceptors (Lipinski definition) is 6. The molecule has 2 aliphatic rings. The predicted octanol–water partition coefficient (Wildman–Crippen LogP) is 5.59. The Bertz CT molecular complexity index is 1150. The van der Waals surface area contributed by atoms with Crippen LogP contribution in [0.5, 0.6) is 0 Å². The quantitative estimate of drug-likeness (QED) is 0.568. The molecular weight excluding hydrogens is 434 g/mol. The van der Waals surface area contributed by atoms with Gasteiger partial charge in [0.25, 0.3) is 0 Å². The van der Waals surface area contributed by atoms with Gasteiger partial charge in [0.15, 0.2) is 5.17 Å². The van der Waals surface area contributed by atoms with Crippen LogP contribution >= 0.6 is 11.8 Å². The third-order valence-corrected chi connectivity index (χ3v) is 6.61. The molecule has 0 spiro atoms. The summed E-state index contributed by atoms with van der Waals surface area (Å²) >= 11 is 1.46. The minimum Gasteiger partial charge on any atom is -0.466 e.